The summed E-state index contributed by atoms with van der Waals surface area (Å²) in [5, 5.41) is 19.5. The van der Waals surface area contributed by atoms with E-state index in [0.29, 0.717) is 0 Å². The summed E-state index contributed by atoms with van der Waals surface area (Å²) in [5.41, 5.74) is 2.26. The zero-order valence-electron chi connectivity index (χ0n) is 14.9. The first-order valence-corrected chi connectivity index (χ1v) is 9.54. The molecule has 0 radical (unpaired) electrons. The minimum absolute atomic E-state index is 0.0797. The SMILES string of the molecule is CCCc1ccc([C@@H](NC(=O)Cn2ccc([N+](=O)[O-])n2)c2cccs2)cc1. The number of rotatable bonds is 8. The van der Waals surface area contributed by atoms with Crippen molar-refractivity contribution in [2.45, 2.75) is 32.4 Å². The molecule has 7 nitrogen and oxygen atoms in total. The molecule has 140 valence electrons. The van der Waals surface area contributed by atoms with Gasteiger partial charge in [0.05, 0.1) is 23.4 Å². The van der Waals surface area contributed by atoms with E-state index in [1.165, 1.54) is 22.5 Å². The van der Waals surface area contributed by atoms with E-state index in [9.17, 15) is 14.9 Å². The largest absolute Gasteiger partial charge is 0.389 e. The van der Waals surface area contributed by atoms with Crippen molar-refractivity contribution in [1.29, 1.82) is 0 Å². The van der Waals surface area contributed by atoms with Crippen molar-refractivity contribution in [3.8, 4) is 0 Å². The Hall–Kier alpha value is -3.00. The Morgan fingerprint density at radius 3 is 2.67 bits per heavy atom. The molecule has 0 aliphatic carbocycles. The topological polar surface area (TPSA) is 90.1 Å². The van der Waals surface area contributed by atoms with Gasteiger partial charge in [-0.3, -0.25) is 4.79 Å². The molecule has 0 aliphatic heterocycles. The Balaban J connectivity index is 1.75. The first-order chi connectivity index (χ1) is 13.1. The minimum atomic E-state index is -0.583. The predicted molar refractivity (Wildman–Crippen MR) is 104 cm³/mol. The molecule has 1 N–H and O–H groups in total. The van der Waals surface area contributed by atoms with Gasteiger partial charge in [0.1, 0.15) is 6.54 Å². The molecule has 0 bridgehead atoms. The summed E-state index contributed by atoms with van der Waals surface area (Å²) in [5.74, 6) is -0.534. The second-order valence-corrected chi connectivity index (χ2v) is 7.12. The van der Waals surface area contributed by atoms with Crippen LogP contribution in [0.15, 0.2) is 54.0 Å². The molecule has 8 heteroatoms. The van der Waals surface area contributed by atoms with Gasteiger partial charge in [-0.2, -0.15) is 4.68 Å². The van der Waals surface area contributed by atoms with Crippen molar-refractivity contribution in [3.63, 3.8) is 0 Å². The van der Waals surface area contributed by atoms with Crippen LogP contribution in [0, 0.1) is 10.1 Å². The lowest BCUT2D eigenvalue weighted by Gasteiger charge is -2.18. The van der Waals surface area contributed by atoms with Gasteiger partial charge in [0.25, 0.3) is 0 Å². The number of hydrogen-bond acceptors (Lipinski definition) is 5. The van der Waals surface area contributed by atoms with Crippen molar-refractivity contribution in [1.82, 2.24) is 15.1 Å². The smallest absolute Gasteiger partial charge is 0.358 e. The molecule has 1 amide bonds. The van der Waals surface area contributed by atoms with E-state index in [2.05, 4.69) is 29.5 Å². The van der Waals surface area contributed by atoms with Gasteiger partial charge >= 0.3 is 5.82 Å². The molecular formula is C19H20N4O3S. The van der Waals surface area contributed by atoms with Gasteiger partial charge in [0, 0.05) is 4.88 Å². The predicted octanol–water partition coefficient (Wildman–Crippen LogP) is 3.71. The van der Waals surface area contributed by atoms with Gasteiger partial charge < -0.3 is 15.4 Å². The molecule has 3 rings (SSSR count). The van der Waals surface area contributed by atoms with E-state index in [1.54, 1.807) is 11.3 Å². The monoisotopic (exact) mass is 384 g/mol. The summed E-state index contributed by atoms with van der Waals surface area (Å²) in [6.45, 7) is 2.06. The molecule has 0 spiro atoms. The summed E-state index contributed by atoms with van der Waals surface area (Å²) in [6, 6.07) is 13.2. The second kappa shape index (κ2) is 8.59. The third kappa shape index (κ3) is 4.79. The Kier molecular flexibility index (Phi) is 5.97. The van der Waals surface area contributed by atoms with E-state index in [1.807, 2.05) is 29.6 Å². The summed E-state index contributed by atoms with van der Waals surface area (Å²) in [7, 11) is 0. The van der Waals surface area contributed by atoms with E-state index < -0.39 is 4.92 Å². The van der Waals surface area contributed by atoms with Crippen LogP contribution in [0.5, 0.6) is 0 Å². The number of hydrogen-bond donors (Lipinski definition) is 1. The third-order valence-electron chi connectivity index (χ3n) is 4.10. The molecule has 1 aromatic carbocycles. The fraction of sp³-hybridized carbons (Fsp3) is 0.263. The highest BCUT2D eigenvalue weighted by atomic mass is 32.1. The number of carbonyl (C=O) groups excluding carboxylic acids is 1. The molecule has 0 fully saturated rings. The normalized spacial score (nSPS) is 11.9. The maximum atomic E-state index is 12.5. The molecule has 2 aromatic heterocycles. The molecule has 0 aliphatic rings. The van der Waals surface area contributed by atoms with Crippen LogP contribution in [0.4, 0.5) is 5.82 Å². The lowest BCUT2D eigenvalue weighted by atomic mass is 10.0. The molecule has 0 saturated heterocycles. The number of benzene rings is 1. The van der Waals surface area contributed by atoms with Gasteiger partial charge in [0.15, 0.2) is 0 Å². The molecule has 3 aromatic rings. The van der Waals surface area contributed by atoms with Crippen molar-refractivity contribution >= 4 is 23.1 Å². The van der Waals surface area contributed by atoms with Crippen LogP contribution in [-0.4, -0.2) is 20.6 Å². The van der Waals surface area contributed by atoms with E-state index in [-0.39, 0.29) is 24.3 Å². The molecule has 0 saturated carbocycles. The number of aromatic nitrogens is 2. The number of nitro groups is 1. The minimum Gasteiger partial charge on any atom is -0.358 e. The summed E-state index contributed by atoms with van der Waals surface area (Å²) in [4.78, 5) is 23.7. The number of aryl methyl sites for hydroxylation is 1. The number of thiophene rings is 1. The van der Waals surface area contributed by atoms with E-state index >= 15 is 0 Å². The Labute approximate surface area is 160 Å². The maximum Gasteiger partial charge on any atom is 0.389 e. The highest BCUT2D eigenvalue weighted by Crippen LogP contribution is 2.26. The van der Waals surface area contributed by atoms with Crippen LogP contribution >= 0.6 is 11.3 Å². The standard InChI is InChI=1S/C19H20N4O3S/c1-2-4-14-6-8-15(9-7-14)19(16-5-3-12-27-16)20-18(24)13-22-11-10-17(21-22)23(25)26/h3,5-12,19H,2,4,13H2,1H3,(H,20,24)/t19-/m1/s1. The highest BCUT2D eigenvalue weighted by Gasteiger charge is 2.20. The maximum absolute atomic E-state index is 12.5. The molecular weight excluding hydrogens is 364 g/mol. The van der Waals surface area contributed by atoms with Gasteiger partial charge in [0.2, 0.25) is 5.91 Å². The van der Waals surface area contributed by atoms with Crippen molar-refractivity contribution in [3.05, 3.63) is 80.2 Å². The number of nitrogens with zero attached hydrogens (tertiary/aromatic N) is 3. The fourth-order valence-electron chi connectivity index (χ4n) is 2.83. The summed E-state index contributed by atoms with van der Waals surface area (Å²) in [6.07, 6.45) is 3.53. The lowest BCUT2D eigenvalue weighted by Crippen LogP contribution is -2.32. The molecule has 0 unspecified atom stereocenters. The lowest BCUT2D eigenvalue weighted by molar-refractivity contribution is -0.389. The van der Waals surface area contributed by atoms with Crippen LogP contribution in [0.1, 0.15) is 35.4 Å². The zero-order chi connectivity index (χ0) is 19.2. The molecule has 27 heavy (non-hydrogen) atoms. The zero-order valence-corrected chi connectivity index (χ0v) is 15.7. The van der Waals surface area contributed by atoms with Crippen molar-refractivity contribution in [2.24, 2.45) is 0 Å². The van der Waals surface area contributed by atoms with Gasteiger partial charge in [-0.05, 0) is 33.9 Å². The number of carbonyl (C=O) groups is 1. The van der Waals surface area contributed by atoms with Gasteiger partial charge in [-0.1, -0.05) is 43.7 Å². The van der Waals surface area contributed by atoms with Gasteiger partial charge in [-0.15, -0.1) is 11.3 Å². The van der Waals surface area contributed by atoms with E-state index in [0.717, 1.165) is 23.3 Å². The third-order valence-corrected chi connectivity index (χ3v) is 5.04. The van der Waals surface area contributed by atoms with Crippen LogP contribution in [0.25, 0.3) is 0 Å². The van der Waals surface area contributed by atoms with E-state index in [4.69, 9.17) is 0 Å². The van der Waals surface area contributed by atoms with Crippen LogP contribution < -0.4 is 5.32 Å². The Bertz CT molecular complexity index is 903. The fourth-order valence-corrected chi connectivity index (χ4v) is 3.63. The molecule has 2 heterocycles. The van der Waals surface area contributed by atoms with Crippen LogP contribution in [0.3, 0.4) is 0 Å². The first-order valence-electron chi connectivity index (χ1n) is 8.66. The van der Waals surface area contributed by atoms with Crippen molar-refractivity contribution < 1.29 is 9.72 Å². The second-order valence-electron chi connectivity index (χ2n) is 6.14. The average Bonchev–Trinajstić information content (AvgIpc) is 3.33. The number of nitrogens with one attached hydrogen (secondary N) is 1. The Morgan fingerprint density at radius 2 is 2.07 bits per heavy atom. The van der Waals surface area contributed by atoms with Crippen molar-refractivity contribution in [2.75, 3.05) is 0 Å². The van der Waals surface area contributed by atoms with Crippen LogP contribution in [0.2, 0.25) is 0 Å². The molecule has 1 atom stereocenters. The first kappa shape index (κ1) is 18.8. The average molecular weight is 384 g/mol. The summed E-state index contributed by atoms with van der Waals surface area (Å²) >= 11 is 1.57. The highest BCUT2D eigenvalue weighted by molar-refractivity contribution is 7.10. The van der Waals surface area contributed by atoms with Gasteiger partial charge in [-0.25, -0.2) is 0 Å². The summed E-state index contributed by atoms with van der Waals surface area (Å²) < 4.78 is 1.27. The quantitative estimate of drug-likeness (QED) is 0.473. The number of amides is 1. The van der Waals surface area contributed by atoms with Crippen LogP contribution in [-0.2, 0) is 17.8 Å². The Morgan fingerprint density at radius 1 is 1.30 bits per heavy atom.